The first-order valence-electron chi connectivity index (χ1n) is 18.5. The molecule has 22 nitrogen and oxygen atoms in total. The molecule has 2 aliphatic rings. The molecule has 0 aromatic heterocycles. The number of rotatable bonds is 19. The third-order valence-corrected chi connectivity index (χ3v) is 8.19. The normalized spacial score (nSPS) is 22.0. The zero-order valence-electron chi connectivity index (χ0n) is 34.2. The van der Waals surface area contributed by atoms with Crippen molar-refractivity contribution >= 4 is 53.7 Å². The molecule has 1 N–H and O–H groups in total. The third-order valence-electron chi connectivity index (χ3n) is 8.19. The lowest BCUT2D eigenvalue weighted by atomic mass is 9.97. The average molecular weight is 856 g/mol. The van der Waals surface area contributed by atoms with Crippen molar-refractivity contribution < 1.29 is 100.0 Å². The highest BCUT2D eigenvalue weighted by Gasteiger charge is 2.56. The van der Waals surface area contributed by atoms with Gasteiger partial charge in [-0.2, -0.15) is 0 Å². The molecule has 0 saturated carbocycles. The molecular formula is C38H49NO21. The molecule has 0 aliphatic carbocycles. The Hall–Kier alpha value is -5.71. The third kappa shape index (κ3) is 15.5. The number of carbonyl (C=O) groups is 9. The van der Waals surface area contributed by atoms with Gasteiger partial charge in [-0.05, 0) is 5.56 Å². The number of nitrogens with one attached hydrogen (secondary N) is 1. The minimum atomic E-state index is -2.13. The molecule has 0 unspecified atom stereocenters. The Morgan fingerprint density at radius 2 is 1.15 bits per heavy atom. The molecule has 0 spiro atoms. The summed E-state index contributed by atoms with van der Waals surface area (Å²) in [5.41, 5.74) is 1.26. The van der Waals surface area contributed by atoms with Crippen molar-refractivity contribution in [2.75, 3.05) is 26.4 Å². The van der Waals surface area contributed by atoms with E-state index < -0.39 is 128 Å². The SMILES string of the molecule is CC(=O)OC[C@H]1O[C@@H](O[C@@H]([C@H](OC(C)=O)[C@@H](OC(C)=O)C(=O)NCc2ccc(C3OCCO3)cc2)[C@@H](COC(C)=O)OC(C)=O)[C@H](OC(C)=O)[C@@H](OC(C)=O)[C@H]1OC(C)=O. The van der Waals surface area contributed by atoms with Gasteiger partial charge in [0, 0.05) is 67.5 Å². The standard InChI is InChI=1S/C38H49NO21/c1-18(40)51-16-28(53-20(3)42)31(60-38-35(58-25(8)47)33(56-23(6)45)30(54-21(4)43)29(59-38)17-52-19(2)41)32(55-22(5)44)34(57-24(7)46)36(48)39-15-26-9-11-27(12-10-26)37-49-13-14-50-37/h9-12,28-35,37-38H,13-17H2,1-8H3,(H,39,48)/t28-,29-,30+,31-,32+,33+,34-,35-,38+/m1/s1. The molecule has 1 amide bonds. The van der Waals surface area contributed by atoms with Gasteiger partial charge in [0.25, 0.3) is 5.91 Å². The van der Waals surface area contributed by atoms with E-state index in [4.69, 9.17) is 56.8 Å². The highest BCUT2D eigenvalue weighted by Crippen LogP contribution is 2.33. The van der Waals surface area contributed by atoms with Crippen molar-refractivity contribution in [2.45, 2.75) is 123 Å². The number of hydrogen-bond donors (Lipinski definition) is 1. The largest absolute Gasteiger partial charge is 0.463 e. The Bertz CT molecular complexity index is 1710. The number of amides is 1. The van der Waals surface area contributed by atoms with Crippen LogP contribution in [0.1, 0.15) is 72.8 Å². The van der Waals surface area contributed by atoms with E-state index >= 15 is 0 Å². The first-order chi connectivity index (χ1) is 28.2. The van der Waals surface area contributed by atoms with Gasteiger partial charge in [-0.3, -0.25) is 43.2 Å². The smallest absolute Gasteiger partial charge is 0.303 e. The molecule has 0 radical (unpaired) electrons. The highest BCUT2D eigenvalue weighted by atomic mass is 16.8. The summed E-state index contributed by atoms with van der Waals surface area (Å²) in [5.74, 6) is -8.91. The van der Waals surface area contributed by atoms with Crippen LogP contribution in [0.4, 0.5) is 0 Å². The van der Waals surface area contributed by atoms with Gasteiger partial charge in [0.2, 0.25) is 6.10 Å². The van der Waals surface area contributed by atoms with Crippen molar-refractivity contribution in [3.05, 3.63) is 35.4 Å². The molecule has 60 heavy (non-hydrogen) atoms. The van der Waals surface area contributed by atoms with E-state index in [0.29, 0.717) is 24.3 Å². The topological polar surface area (TPSA) is 276 Å². The minimum absolute atomic E-state index is 0.178. The van der Waals surface area contributed by atoms with Gasteiger partial charge in [0.05, 0.1) is 13.2 Å². The van der Waals surface area contributed by atoms with Gasteiger partial charge in [-0.25, -0.2) is 0 Å². The van der Waals surface area contributed by atoms with Crippen LogP contribution in [-0.2, 0) is 107 Å². The predicted octanol–water partition coefficient (Wildman–Crippen LogP) is 0.175. The first kappa shape index (κ1) is 48.7. The summed E-state index contributed by atoms with van der Waals surface area (Å²) < 4.78 is 66.4. The van der Waals surface area contributed by atoms with Crippen LogP contribution >= 0.6 is 0 Å². The summed E-state index contributed by atoms with van der Waals surface area (Å²) in [6.45, 7) is 6.95. The van der Waals surface area contributed by atoms with E-state index in [1.807, 2.05) is 0 Å². The lowest BCUT2D eigenvalue weighted by molar-refractivity contribution is -0.331. The van der Waals surface area contributed by atoms with Crippen molar-refractivity contribution in [2.24, 2.45) is 0 Å². The van der Waals surface area contributed by atoms with E-state index in [9.17, 15) is 43.2 Å². The number of carbonyl (C=O) groups excluding carboxylic acids is 9. The maximum absolute atomic E-state index is 14.1. The van der Waals surface area contributed by atoms with E-state index in [2.05, 4.69) is 5.32 Å². The molecule has 3 rings (SSSR count). The Balaban J connectivity index is 2.19. The Morgan fingerprint density at radius 3 is 1.67 bits per heavy atom. The molecule has 1 aromatic rings. The van der Waals surface area contributed by atoms with Crippen LogP contribution in [0.2, 0.25) is 0 Å². The van der Waals surface area contributed by atoms with Crippen LogP contribution in [0, 0.1) is 0 Å². The summed E-state index contributed by atoms with van der Waals surface area (Å²) in [7, 11) is 0. The van der Waals surface area contributed by atoms with E-state index in [1.54, 1.807) is 24.3 Å². The molecule has 9 atom stereocenters. The average Bonchev–Trinajstić information content (AvgIpc) is 3.69. The Morgan fingerprint density at radius 1 is 0.617 bits per heavy atom. The Labute approximate surface area is 343 Å². The van der Waals surface area contributed by atoms with Gasteiger partial charge in [-0.1, -0.05) is 24.3 Å². The van der Waals surface area contributed by atoms with Crippen LogP contribution < -0.4 is 5.32 Å². The van der Waals surface area contributed by atoms with E-state index in [1.165, 1.54) is 0 Å². The molecule has 1 aromatic carbocycles. The van der Waals surface area contributed by atoms with E-state index in [-0.39, 0.29) is 6.54 Å². The zero-order chi connectivity index (χ0) is 44.7. The second-order valence-electron chi connectivity index (χ2n) is 13.3. The lowest BCUT2D eigenvalue weighted by Crippen LogP contribution is -2.65. The van der Waals surface area contributed by atoms with Gasteiger partial charge in [-0.15, -0.1) is 0 Å². The first-order valence-corrected chi connectivity index (χ1v) is 18.5. The van der Waals surface area contributed by atoms with Crippen LogP contribution in [-0.4, -0.2) is 135 Å². The second kappa shape index (κ2) is 23.2. The minimum Gasteiger partial charge on any atom is -0.463 e. The second-order valence-corrected chi connectivity index (χ2v) is 13.3. The molecule has 22 heteroatoms. The molecule has 332 valence electrons. The van der Waals surface area contributed by atoms with Gasteiger partial charge < -0.3 is 62.2 Å². The monoisotopic (exact) mass is 855 g/mol. The van der Waals surface area contributed by atoms with Crippen LogP contribution in [0.25, 0.3) is 0 Å². The molecule has 2 fully saturated rings. The summed E-state index contributed by atoms with van der Waals surface area (Å²) in [5, 5.41) is 2.58. The zero-order valence-corrected chi connectivity index (χ0v) is 34.2. The van der Waals surface area contributed by atoms with Crippen LogP contribution in [0.3, 0.4) is 0 Å². The van der Waals surface area contributed by atoms with Crippen LogP contribution in [0.15, 0.2) is 24.3 Å². The summed E-state index contributed by atoms with van der Waals surface area (Å²) >= 11 is 0. The number of esters is 8. The lowest BCUT2D eigenvalue weighted by Gasteiger charge is -2.46. The summed E-state index contributed by atoms with van der Waals surface area (Å²) in [4.78, 5) is 113. The summed E-state index contributed by atoms with van der Waals surface area (Å²) in [6.07, 6.45) is -17.6. The summed E-state index contributed by atoms with van der Waals surface area (Å²) in [6, 6.07) is 6.74. The Kier molecular flexibility index (Phi) is 18.8. The molecular weight excluding hydrogens is 806 g/mol. The molecule has 2 heterocycles. The molecule has 2 aliphatic heterocycles. The van der Waals surface area contributed by atoms with Crippen molar-refractivity contribution in [3.8, 4) is 0 Å². The maximum atomic E-state index is 14.1. The fourth-order valence-electron chi connectivity index (χ4n) is 6.01. The predicted molar refractivity (Wildman–Crippen MR) is 193 cm³/mol. The van der Waals surface area contributed by atoms with Crippen molar-refractivity contribution in [1.82, 2.24) is 5.32 Å². The van der Waals surface area contributed by atoms with Crippen LogP contribution in [0.5, 0.6) is 0 Å². The molecule has 2 saturated heterocycles. The van der Waals surface area contributed by atoms with Gasteiger partial charge >= 0.3 is 47.8 Å². The van der Waals surface area contributed by atoms with Gasteiger partial charge in [0.15, 0.2) is 43.1 Å². The van der Waals surface area contributed by atoms with Crippen molar-refractivity contribution in [1.29, 1.82) is 0 Å². The van der Waals surface area contributed by atoms with Gasteiger partial charge in [0.1, 0.15) is 25.4 Å². The fraction of sp³-hybridized carbons (Fsp3) is 0.605. The van der Waals surface area contributed by atoms with Crippen molar-refractivity contribution in [3.63, 3.8) is 0 Å². The maximum Gasteiger partial charge on any atom is 0.303 e. The number of ether oxygens (including phenoxy) is 12. The number of benzene rings is 1. The van der Waals surface area contributed by atoms with E-state index in [0.717, 1.165) is 55.4 Å². The quantitative estimate of drug-likeness (QED) is 0.143. The highest BCUT2D eigenvalue weighted by molar-refractivity contribution is 5.84. The number of hydrogen-bond acceptors (Lipinski definition) is 21. The fourth-order valence-corrected chi connectivity index (χ4v) is 6.01. The molecule has 0 bridgehead atoms.